The molecule has 3 heteroatoms. The van der Waals surface area contributed by atoms with Crippen LogP contribution in [0, 0.1) is 5.92 Å². The Bertz CT molecular complexity index is 202. The first-order valence-corrected chi connectivity index (χ1v) is 6.87. The van der Waals surface area contributed by atoms with E-state index in [0.717, 1.165) is 18.9 Å². The molecule has 0 radical (unpaired) electrons. The summed E-state index contributed by atoms with van der Waals surface area (Å²) >= 11 is 0. The minimum atomic E-state index is 0.222. The molecule has 17 heavy (non-hydrogen) atoms. The average molecular weight is 242 g/mol. The van der Waals surface area contributed by atoms with Crippen LogP contribution in [0.5, 0.6) is 0 Å². The topological polar surface area (TPSA) is 32.3 Å². The van der Waals surface area contributed by atoms with Crippen molar-refractivity contribution in [1.29, 1.82) is 0 Å². The molecule has 0 aliphatic rings. The van der Waals surface area contributed by atoms with E-state index in [4.69, 9.17) is 0 Å². The fraction of sp³-hybridized carbons (Fsp3) is 0.929. The van der Waals surface area contributed by atoms with Gasteiger partial charge in [0.2, 0.25) is 5.91 Å². The normalized spacial score (nSPS) is 12.8. The van der Waals surface area contributed by atoms with Gasteiger partial charge in [-0.25, -0.2) is 0 Å². The van der Waals surface area contributed by atoms with Gasteiger partial charge in [-0.15, -0.1) is 0 Å². The summed E-state index contributed by atoms with van der Waals surface area (Å²) in [7, 11) is 3.62. The molecule has 0 aromatic carbocycles. The Morgan fingerprint density at radius 2 is 1.76 bits per heavy atom. The van der Waals surface area contributed by atoms with Crippen LogP contribution in [0.2, 0.25) is 0 Å². The molecular formula is C14H30N2O. The van der Waals surface area contributed by atoms with Gasteiger partial charge in [0, 0.05) is 26.6 Å². The SMILES string of the molecule is CC(C)CCCC(C)NCCCC(=O)N(C)C. The minimum absolute atomic E-state index is 0.222. The summed E-state index contributed by atoms with van der Waals surface area (Å²) in [5.41, 5.74) is 0. The number of nitrogens with one attached hydrogen (secondary N) is 1. The first kappa shape index (κ1) is 16.4. The fourth-order valence-corrected chi connectivity index (χ4v) is 1.75. The highest BCUT2D eigenvalue weighted by atomic mass is 16.2. The summed E-state index contributed by atoms with van der Waals surface area (Å²) in [5.74, 6) is 1.03. The standard InChI is InChI=1S/C14H30N2O/c1-12(2)8-6-9-13(3)15-11-7-10-14(17)16(4)5/h12-13,15H,6-11H2,1-5H3. The summed E-state index contributed by atoms with van der Waals surface area (Å²) in [6, 6.07) is 0.572. The number of hydrogen-bond acceptors (Lipinski definition) is 2. The molecule has 0 spiro atoms. The molecule has 0 aromatic heterocycles. The van der Waals surface area contributed by atoms with Crippen LogP contribution < -0.4 is 5.32 Å². The van der Waals surface area contributed by atoms with E-state index >= 15 is 0 Å². The number of rotatable bonds is 9. The van der Waals surface area contributed by atoms with Crippen molar-refractivity contribution in [3.63, 3.8) is 0 Å². The molecule has 1 unspecified atom stereocenters. The molecular weight excluding hydrogens is 212 g/mol. The molecule has 0 saturated heterocycles. The third-order valence-electron chi connectivity index (χ3n) is 2.98. The van der Waals surface area contributed by atoms with Crippen LogP contribution in [0.15, 0.2) is 0 Å². The van der Waals surface area contributed by atoms with Crippen LogP contribution in [0.25, 0.3) is 0 Å². The maximum Gasteiger partial charge on any atom is 0.222 e. The van der Waals surface area contributed by atoms with Crippen LogP contribution in [0.4, 0.5) is 0 Å². The second kappa shape index (κ2) is 9.46. The Morgan fingerprint density at radius 1 is 1.12 bits per heavy atom. The Balaban J connectivity index is 3.39. The van der Waals surface area contributed by atoms with Crippen LogP contribution in [0.3, 0.4) is 0 Å². The Kier molecular flexibility index (Phi) is 9.14. The van der Waals surface area contributed by atoms with Gasteiger partial charge in [0.25, 0.3) is 0 Å². The van der Waals surface area contributed by atoms with Crippen molar-refractivity contribution < 1.29 is 4.79 Å². The van der Waals surface area contributed by atoms with Crippen molar-refractivity contribution in [2.75, 3.05) is 20.6 Å². The zero-order valence-electron chi connectivity index (χ0n) is 12.3. The quantitative estimate of drug-likeness (QED) is 0.630. The number of nitrogens with zero attached hydrogens (tertiary/aromatic N) is 1. The smallest absolute Gasteiger partial charge is 0.222 e. The van der Waals surface area contributed by atoms with Gasteiger partial charge in [-0.3, -0.25) is 4.79 Å². The van der Waals surface area contributed by atoms with Gasteiger partial charge in [-0.2, -0.15) is 0 Å². The van der Waals surface area contributed by atoms with E-state index in [-0.39, 0.29) is 5.91 Å². The summed E-state index contributed by atoms with van der Waals surface area (Å²) in [6.45, 7) is 7.71. The Labute approximate surface area is 107 Å². The van der Waals surface area contributed by atoms with E-state index in [9.17, 15) is 4.79 Å². The van der Waals surface area contributed by atoms with E-state index < -0.39 is 0 Å². The predicted molar refractivity (Wildman–Crippen MR) is 74.1 cm³/mol. The second-order valence-corrected chi connectivity index (χ2v) is 5.57. The molecule has 1 amide bonds. The molecule has 0 aliphatic carbocycles. The van der Waals surface area contributed by atoms with Crippen LogP contribution >= 0.6 is 0 Å². The number of hydrogen-bond donors (Lipinski definition) is 1. The molecule has 102 valence electrons. The zero-order valence-corrected chi connectivity index (χ0v) is 12.3. The van der Waals surface area contributed by atoms with E-state index in [1.165, 1.54) is 19.3 Å². The minimum Gasteiger partial charge on any atom is -0.349 e. The Hall–Kier alpha value is -0.570. The first-order valence-electron chi connectivity index (χ1n) is 6.87. The third-order valence-corrected chi connectivity index (χ3v) is 2.98. The molecule has 0 aliphatic heterocycles. The van der Waals surface area contributed by atoms with Crippen molar-refractivity contribution in [3.05, 3.63) is 0 Å². The number of carbonyl (C=O) groups excluding carboxylic acids is 1. The highest BCUT2D eigenvalue weighted by Crippen LogP contribution is 2.08. The maximum atomic E-state index is 11.3. The highest BCUT2D eigenvalue weighted by Gasteiger charge is 2.05. The molecule has 0 bridgehead atoms. The van der Waals surface area contributed by atoms with Crippen LogP contribution in [-0.4, -0.2) is 37.5 Å². The van der Waals surface area contributed by atoms with Gasteiger partial charge in [-0.05, 0) is 32.2 Å². The lowest BCUT2D eigenvalue weighted by Gasteiger charge is -2.15. The maximum absolute atomic E-state index is 11.3. The molecule has 0 rings (SSSR count). The largest absolute Gasteiger partial charge is 0.349 e. The molecule has 0 aromatic rings. The monoisotopic (exact) mass is 242 g/mol. The average Bonchev–Trinajstić information content (AvgIpc) is 2.23. The van der Waals surface area contributed by atoms with Crippen molar-refractivity contribution in [1.82, 2.24) is 10.2 Å². The Morgan fingerprint density at radius 3 is 2.29 bits per heavy atom. The highest BCUT2D eigenvalue weighted by molar-refractivity contribution is 5.75. The van der Waals surface area contributed by atoms with Gasteiger partial charge in [0.05, 0.1) is 0 Å². The fourth-order valence-electron chi connectivity index (χ4n) is 1.75. The summed E-state index contributed by atoms with van der Waals surface area (Å²) < 4.78 is 0. The molecule has 1 atom stereocenters. The van der Waals surface area contributed by atoms with Gasteiger partial charge < -0.3 is 10.2 Å². The first-order chi connectivity index (χ1) is 7.93. The summed E-state index contributed by atoms with van der Waals surface area (Å²) in [5, 5.41) is 3.48. The van der Waals surface area contributed by atoms with Crippen molar-refractivity contribution >= 4 is 5.91 Å². The van der Waals surface area contributed by atoms with E-state index in [2.05, 4.69) is 26.1 Å². The molecule has 0 fully saturated rings. The molecule has 1 N–H and O–H groups in total. The van der Waals surface area contributed by atoms with Gasteiger partial charge >= 0.3 is 0 Å². The number of carbonyl (C=O) groups is 1. The van der Waals surface area contributed by atoms with Crippen LogP contribution in [0.1, 0.15) is 52.9 Å². The van der Waals surface area contributed by atoms with Gasteiger partial charge in [-0.1, -0.05) is 26.7 Å². The van der Waals surface area contributed by atoms with E-state index in [1.807, 2.05) is 14.1 Å². The second-order valence-electron chi connectivity index (χ2n) is 5.57. The van der Waals surface area contributed by atoms with Gasteiger partial charge in [0.1, 0.15) is 0 Å². The summed E-state index contributed by atoms with van der Waals surface area (Å²) in [4.78, 5) is 13.0. The van der Waals surface area contributed by atoms with Gasteiger partial charge in [0.15, 0.2) is 0 Å². The zero-order chi connectivity index (χ0) is 13.3. The molecule has 0 heterocycles. The van der Waals surface area contributed by atoms with Crippen LogP contribution in [-0.2, 0) is 4.79 Å². The van der Waals surface area contributed by atoms with E-state index in [1.54, 1.807) is 4.90 Å². The lowest BCUT2D eigenvalue weighted by atomic mass is 10.0. The lowest BCUT2D eigenvalue weighted by Crippen LogP contribution is -2.28. The number of amides is 1. The van der Waals surface area contributed by atoms with Crippen molar-refractivity contribution in [2.45, 2.75) is 58.9 Å². The van der Waals surface area contributed by atoms with Crippen molar-refractivity contribution in [3.8, 4) is 0 Å². The van der Waals surface area contributed by atoms with E-state index in [0.29, 0.717) is 12.5 Å². The third kappa shape index (κ3) is 10.3. The molecule has 0 saturated carbocycles. The lowest BCUT2D eigenvalue weighted by molar-refractivity contribution is -0.128. The predicted octanol–water partition coefficient (Wildman–Crippen LogP) is 2.66. The van der Waals surface area contributed by atoms with Crippen molar-refractivity contribution in [2.24, 2.45) is 5.92 Å². The molecule has 3 nitrogen and oxygen atoms in total. The summed E-state index contributed by atoms with van der Waals surface area (Å²) in [6.07, 6.45) is 5.43.